The predicted molar refractivity (Wildman–Crippen MR) is 84.8 cm³/mol. The molecule has 2 aliphatic rings. The van der Waals surface area contributed by atoms with Gasteiger partial charge in [-0.25, -0.2) is 0 Å². The van der Waals surface area contributed by atoms with E-state index < -0.39 is 0 Å². The topological polar surface area (TPSA) is 20.3 Å². The fourth-order valence-corrected chi connectivity index (χ4v) is 3.42. The van der Waals surface area contributed by atoms with Crippen molar-refractivity contribution in [2.75, 3.05) is 12.3 Å². The van der Waals surface area contributed by atoms with E-state index in [4.69, 9.17) is 0 Å². The molecular formula is C17H23NOS. The molecule has 3 heteroatoms. The summed E-state index contributed by atoms with van der Waals surface area (Å²) in [6.07, 6.45) is 5.10. The molecule has 1 amide bonds. The minimum absolute atomic E-state index is 0.358. The molecule has 108 valence electrons. The number of thioether (sulfide) groups is 1. The maximum absolute atomic E-state index is 12.4. The lowest BCUT2D eigenvalue weighted by atomic mass is 10.2. The molecule has 1 aromatic carbocycles. The summed E-state index contributed by atoms with van der Waals surface area (Å²) in [4.78, 5) is 14.5. The highest BCUT2D eigenvalue weighted by Gasteiger charge is 2.36. The Balaban J connectivity index is 1.45. The van der Waals surface area contributed by atoms with Gasteiger partial charge in [0.15, 0.2) is 0 Å². The molecule has 0 unspecified atom stereocenters. The van der Waals surface area contributed by atoms with Gasteiger partial charge >= 0.3 is 0 Å². The van der Waals surface area contributed by atoms with E-state index in [0.717, 1.165) is 18.2 Å². The predicted octanol–water partition coefficient (Wildman–Crippen LogP) is 3.63. The maximum Gasteiger partial charge on any atom is 0.232 e. The van der Waals surface area contributed by atoms with Gasteiger partial charge in [-0.2, -0.15) is 0 Å². The molecule has 0 N–H and O–H groups in total. The lowest BCUT2D eigenvalue weighted by molar-refractivity contribution is -0.129. The Morgan fingerprint density at radius 3 is 2.75 bits per heavy atom. The fourth-order valence-electron chi connectivity index (χ4n) is 2.56. The van der Waals surface area contributed by atoms with Crippen LogP contribution in [0.3, 0.4) is 0 Å². The Morgan fingerprint density at radius 2 is 2.10 bits per heavy atom. The van der Waals surface area contributed by atoms with Crippen LogP contribution in [-0.2, 0) is 10.5 Å². The molecule has 0 bridgehead atoms. The summed E-state index contributed by atoms with van der Waals surface area (Å²) >= 11 is 1.75. The van der Waals surface area contributed by atoms with E-state index >= 15 is 0 Å². The molecule has 0 spiro atoms. The molecule has 2 fully saturated rings. The number of benzene rings is 1. The highest BCUT2D eigenvalue weighted by atomic mass is 32.2. The third-order valence-corrected chi connectivity index (χ3v) is 5.03. The Labute approximate surface area is 125 Å². The van der Waals surface area contributed by atoms with Gasteiger partial charge in [0, 0.05) is 18.3 Å². The summed E-state index contributed by atoms with van der Waals surface area (Å²) in [5.74, 6) is 2.74. The van der Waals surface area contributed by atoms with Crippen molar-refractivity contribution >= 4 is 17.7 Å². The molecule has 2 nitrogen and oxygen atoms in total. The summed E-state index contributed by atoms with van der Waals surface area (Å²) < 4.78 is 0. The summed E-state index contributed by atoms with van der Waals surface area (Å²) in [6, 6.07) is 9.14. The largest absolute Gasteiger partial charge is 0.339 e. The van der Waals surface area contributed by atoms with Crippen molar-refractivity contribution in [1.29, 1.82) is 0 Å². The van der Waals surface area contributed by atoms with Crippen LogP contribution in [0.1, 0.15) is 36.8 Å². The van der Waals surface area contributed by atoms with E-state index in [1.54, 1.807) is 11.8 Å². The van der Waals surface area contributed by atoms with Crippen molar-refractivity contribution in [3.05, 3.63) is 35.4 Å². The van der Waals surface area contributed by atoms with Crippen molar-refractivity contribution in [3.8, 4) is 0 Å². The van der Waals surface area contributed by atoms with Gasteiger partial charge in [0.25, 0.3) is 0 Å². The Bertz CT molecular complexity index is 480. The van der Waals surface area contributed by atoms with Crippen LogP contribution in [0.15, 0.2) is 24.3 Å². The maximum atomic E-state index is 12.4. The fraction of sp³-hybridized carbons (Fsp3) is 0.588. The van der Waals surface area contributed by atoms with Crippen LogP contribution in [0.4, 0.5) is 0 Å². The SMILES string of the molecule is Cc1cccc(CSCC(=O)N(CC2CC2)C2CC2)c1. The first-order valence-corrected chi connectivity index (χ1v) is 8.80. The monoisotopic (exact) mass is 289 g/mol. The Hall–Kier alpha value is -0.960. The van der Waals surface area contributed by atoms with Gasteiger partial charge in [0.2, 0.25) is 5.91 Å². The molecule has 0 saturated heterocycles. The summed E-state index contributed by atoms with van der Waals surface area (Å²) in [5.41, 5.74) is 2.62. The van der Waals surface area contributed by atoms with Gasteiger partial charge in [0.1, 0.15) is 0 Å². The van der Waals surface area contributed by atoms with Crippen molar-refractivity contribution in [2.24, 2.45) is 5.92 Å². The number of hydrogen-bond donors (Lipinski definition) is 0. The van der Waals surface area contributed by atoms with Crippen LogP contribution in [0.2, 0.25) is 0 Å². The van der Waals surface area contributed by atoms with E-state index in [0.29, 0.717) is 17.7 Å². The molecule has 1 aromatic rings. The second-order valence-corrected chi connectivity index (χ2v) is 7.19. The van der Waals surface area contributed by atoms with Crippen molar-refractivity contribution in [2.45, 2.75) is 44.4 Å². The van der Waals surface area contributed by atoms with Gasteiger partial charge in [0.05, 0.1) is 5.75 Å². The van der Waals surface area contributed by atoms with E-state index in [1.807, 2.05) is 0 Å². The number of nitrogens with zero attached hydrogens (tertiary/aromatic N) is 1. The molecule has 0 aliphatic heterocycles. The Kier molecular flexibility index (Phi) is 4.35. The molecule has 2 saturated carbocycles. The zero-order valence-corrected chi connectivity index (χ0v) is 13.0. The lowest BCUT2D eigenvalue weighted by Crippen LogP contribution is -2.36. The van der Waals surface area contributed by atoms with Gasteiger partial charge in [-0.15, -0.1) is 11.8 Å². The van der Waals surface area contributed by atoms with Crippen LogP contribution in [0, 0.1) is 12.8 Å². The van der Waals surface area contributed by atoms with E-state index in [9.17, 15) is 4.79 Å². The standard InChI is InChI=1S/C17H23NOS/c1-13-3-2-4-15(9-13)11-20-12-17(19)18(16-7-8-16)10-14-5-6-14/h2-4,9,14,16H,5-8,10-12H2,1H3. The van der Waals surface area contributed by atoms with Gasteiger partial charge in [-0.1, -0.05) is 29.8 Å². The van der Waals surface area contributed by atoms with Crippen LogP contribution < -0.4 is 0 Å². The smallest absolute Gasteiger partial charge is 0.232 e. The second-order valence-electron chi connectivity index (χ2n) is 6.20. The molecule has 0 atom stereocenters. The second kappa shape index (κ2) is 6.21. The first-order chi connectivity index (χ1) is 9.72. The molecule has 3 rings (SSSR count). The zero-order chi connectivity index (χ0) is 13.9. The van der Waals surface area contributed by atoms with E-state index in [2.05, 4.69) is 36.1 Å². The molecule has 0 radical (unpaired) electrons. The summed E-state index contributed by atoms with van der Waals surface area (Å²) in [6.45, 7) is 3.14. The average molecular weight is 289 g/mol. The Morgan fingerprint density at radius 1 is 1.30 bits per heavy atom. The van der Waals surface area contributed by atoms with Crippen molar-refractivity contribution in [1.82, 2.24) is 4.90 Å². The first-order valence-electron chi connectivity index (χ1n) is 7.65. The normalized spacial score (nSPS) is 18.1. The minimum Gasteiger partial charge on any atom is -0.339 e. The van der Waals surface area contributed by atoms with E-state index in [-0.39, 0.29) is 0 Å². The molecular weight excluding hydrogens is 266 g/mol. The van der Waals surface area contributed by atoms with Gasteiger partial charge in [-0.05, 0) is 44.1 Å². The third kappa shape index (κ3) is 4.02. The highest BCUT2D eigenvalue weighted by Crippen LogP contribution is 2.35. The van der Waals surface area contributed by atoms with E-state index in [1.165, 1.54) is 36.8 Å². The number of rotatable bonds is 7. The zero-order valence-electron chi connectivity index (χ0n) is 12.2. The van der Waals surface area contributed by atoms with Crippen molar-refractivity contribution < 1.29 is 4.79 Å². The highest BCUT2D eigenvalue weighted by molar-refractivity contribution is 7.99. The number of aryl methyl sites for hydroxylation is 1. The quantitative estimate of drug-likeness (QED) is 0.764. The number of carbonyl (C=O) groups excluding carboxylic acids is 1. The van der Waals surface area contributed by atoms with Crippen LogP contribution >= 0.6 is 11.8 Å². The number of carbonyl (C=O) groups is 1. The van der Waals surface area contributed by atoms with Crippen molar-refractivity contribution in [3.63, 3.8) is 0 Å². The van der Waals surface area contributed by atoms with Crippen LogP contribution in [0.5, 0.6) is 0 Å². The minimum atomic E-state index is 0.358. The van der Waals surface area contributed by atoms with Gasteiger partial charge < -0.3 is 4.90 Å². The summed E-state index contributed by atoms with van der Waals surface area (Å²) in [5, 5.41) is 0. The summed E-state index contributed by atoms with van der Waals surface area (Å²) in [7, 11) is 0. The number of hydrogen-bond acceptors (Lipinski definition) is 2. The molecule has 2 aliphatic carbocycles. The van der Waals surface area contributed by atoms with Gasteiger partial charge in [-0.3, -0.25) is 4.79 Å². The number of amides is 1. The molecule has 20 heavy (non-hydrogen) atoms. The molecule has 0 aromatic heterocycles. The van der Waals surface area contributed by atoms with Crippen LogP contribution in [0.25, 0.3) is 0 Å². The first kappa shape index (κ1) is 14.0. The third-order valence-electron chi connectivity index (χ3n) is 4.04. The molecule has 0 heterocycles. The van der Waals surface area contributed by atoms with Crippen LogP contribution in [-0.4, -0.2) is 29.1 Å². The lowest BCUT2D eigenvalue weighted by Gasteiger charge is -2.22. The average Bonchev–Trinajstić information content (AvgIpc) is 3.28.